The number of carbonyl (C=O) groups is 1. The Kier molecular flexibility index (Phi) is 5.80. The first-order valence-corrected chi connectivity index (χ1v) is 12.2. The number of aromatic amines is 1. The highest BCUT2D eigenvalue weighted by molar-refractivity contribution is 7.17. The topological polar surface area (TPSA) is 74.4 Å². The number of aromatic nitrogens is 1. The maximum absolute atomic E-state index is 13.6. The number of aryl methyl sites for hydroxylation is 1. The van der Waals surface area contributed by atoms with Crippen LogP contribution in [0.2, 0.25) is 10.0 Å². The van der Waals surface area contributed by atoms with E-state index in [1.165, 1.54) is 11.3 Å². The lowest BCUT2D eigenvalue weighted by Gasteiger charge is -2.36. The average molecular weight is 492 g/mol. The normalized spacial score (nSPS) is 17.5. The van der Waals surface area contributed by atoms with E-state index in [1.54, 1.807) is 12.0 Å². The van der Waals surface area contributed by atoms with Crippen molar-refractivity contribution in [2.45, 2.75) is 26.0 Å². The molecule has 3 aromatic rings. The molecule has 0 bridgehead atoms. The molecule has 9 heteroatoms. The maximum atomic E-state index is 13.6. The fourth-order valence-corrected chi connectivity index (χ4v) is 6.35. The van der Waals surface area contributed by atoms with E-state index < -0.39 is 0 Å². The highest BCUT2D eigenvalue weighted by Crippen LogP contribution is 2.41. The second kappa shape index (κ2) is 8.47. The van der Waals surface area contributed by atoms with E-state index in [-0.39, 0.29) is 30.0 Å². The number of fused-ring (bicyclic) bond motifs is 2. The molecule has 0 radical (unpaired) electrons. The first kappa shape index (κ1) is 21.9. The molecule has 1 fully saturated rings. The Morgan fingerprint density at radius 2 is 2.09 bits per heavy atom. The number of rotatable bonds is 5. The van der Waals surface area contributed by atoms with Crippen LogP contribution in [0.25, 0.3) is 10.1 Å². The van der Waals surface area contributed by atoms with Crippen LogP contribution in [0.1, 0.15) is 38.8 Å². The van der Waals surface area contributed by atoms with Crippen LogP contribution >= 0.6 is 34.5 Å². The molecule has 2 N–H and O–H groups in total. The molecule has 0 spiro atoms. The number of nitrogens with zero attached hydrogens (tertiary/aromatic N) is 1. The summed E-state index contributed by atoms with van der Waals surface area (Å²) < 4.78 is 6.66. The Morgan fingerprint density at radius 1 is 1.31 bits per heavy atom. The molecular weight excluding hydrogens is 469 g/mol. The number of nitrogens with one attached hydrogen (secondary N) is 2. The summed E-state index contributed by atoms with van der Waals surface area (Å²) in [5.41, 5.74) is 3.22. The molecule has 2 aliphatic rings. The monoisotopic (exact) mass is 491 g/mol. The first-order valence-electron chi connectivity index (χ1n) is 10.5. The lowest BCUT2D eigenvalue weighted by atomic mass is 9.87. The van der Waals surface area contributed by atoms with Gasteiger partial charge in [-0.25, -0.2) is 0 Å². The van der Waals surface area contributed by atoms with E-state index in [0.29, 0.717) is 34.1 Å². The largest absolute Gasteiger partial charge is 0.376 e. The summed E-state index contributed by atoms with van der Waals surface area (Å²) in [6.07, 6.45) is 0.347. The molecule has 6 nitrogen and oxygen atoms in total. The van der Waals surface area contributed by atoms with Crippen molar-refractivity contribution >= 4 is 50.5 Å². The van der Waals surface area contributed by atoms with Crippen LogP contribution in [0.15, 0.2) is 22.3 Å². The second-order valence-corrected chi connectivity index (χ2v) is 10.1. The van der Waals surface area contributed by atoms with Crippen LogP contribution in [-0.4, -0.2) is 42.5 Å². The van der Waals surface area contributed by atoms with Gasteiger partial charge in [0.05, 0.1) is 28.8 Å². The van der Waals surface area contributed by atoms with Crippen molar-refractivity contribution in [3.05, 3.63) is 65.9 Å². The molecule has 2 aliphatic heterocycles. The van der Waals surface area contributed by atoms with Gasteiger partial charge < -0.3 is 19.9 Å². The zero-order valence-corrected chi connectivity index (χ0v) is 20.1. The number of amides is 1. The van der Waals surface area contributed by atoms with Crippen LogP contribution < -0.4 is 10.9 Å². The van der Waals surface area contributed by atoms with Crippen LogP contribution in [-0.2, 0) is 17.7 Å². The predicted octanol–water partition coefficient (Wildman–Crippen LogP) is 4.31. The van der Waals surface area contributed by atoms with Gasteiger partial charge in [-0.05, 0) is 36.4 Å². The quantitative estimate of drug-likeness (QED) is 0.557. The fourth-order valence-electron chi connectivity index (χ4n) is 4.70. The third-order valence-corrected chi connectivity index (χ3v) is 8.27. The Morgan fingerprint density at radius 3 is 2.78 bits per heavy atom. The fraction of sp³-hybridized carbons (Fsp3) is 0.391. The highest BCUT2D eigenvalue weighted by atomic mass is 35.5. The van der Waals surface area contributed by atoms with E-state index in [9.17, 15) is 9.59 Å². The molecule has 168 valence electrons. The summed E-state index contributed by atoms with van der Waals surface area (Å²) in [4.78, 5) is 30.9. The number of benzene rings is 1. The number of halogens is 2. The van der Waals surface area contributed by atoms with Crippen molar-refractivity contribution in [1.82, 2.24) is 15.2 Å². The Bertz CT molecular complexity index is 1280. The molecule has 1 unspecified atom stereocenters. The second-order valence-electron chi connectivity index (χ2n) is 8.39. The SMILES string of the molecule is COC(c1cc(Cl)c2c(c1Cl)C(=O)N(Cc1c(=O)[nH]c(C)c3ccsc13)CC2)C1CNC1. The minimum Gasteiger partial charge on any atom is -0.376 e. The van der Waals surface area contributed by atoms with Gasteiger partial charge in [-0.15, -0.1) is 11.3 Å². The molecule has 1 atom stereocenters. The molecule has 2 aromatic heterocycles. The van der Waals surface area contributed by atoms with E-state index >= 15 is 0 Å². The van der Waals surface area contributed by atoms with Gasteiger partial charge in [0.2, 0.25) is 0 Å². The number of thiophene rings is 1. The van der Waals surface area contributed by atoms with Crippen LogP contribution in [0.4, 0.5) is 0 Å². The molecule has 1 amide bonds. The molecule has 0 aliphatic carbocycles. The molecule has 1 saturated heterocycles. The number of methoxy groups -OCH3 is 1. The number of pyridine rings is 1. The lowest BCUT2D eigenvalue weighted by molar-refractivity contribution is 0.0292. The molecule has 32 heavy (non-hydrogen) atoms. The van der Waals surface area contributed by atoms with Crippen LogP contribution in [0.3, 0.4) is 0 Å². The number of hydrogen-bond donors (Lipinski definition) is 2. The summed E-state index contributed by atoms with van der Waals surface area (Å²) in [5.74, 6) is 0.0749. The number of hydrogen-bond acceptors (Lipinski definition) is 5. The van der Waals surface area contributed by atoms with Crippen molar-refractivity contribution in [2.24, 2.45) is 5.92 Å². The summed E-state index contributed by atoms with van der Waals surface area (Å²) in [5, 5.41) is 7.15. The number of ether oxygens (including phenoxy) is 1. The maximum Gasteiger partial charge on any atom is 0.256 e. The van der Waals surface area contributed by atoms with Crippen molar-refractivity contribution < 1.29 is 9.53 Å². The van der Waals surface area contributed by atoms with E-state index in [0.717, 1.165) is 40.0 Å². The van der Waals surface area contributed by atoms with Gasteiger partial charge >= 0.3 is 0 Å². The van der Waals surface area contributed by atoms with Gasteiger partial charge in [0, 0.05) is 59.0 Å². The summed E-state index contributed by atoms with van der Waals surface area (Å²) in [6.45, 7) is 4.24. The number of carbonyl (C=O) groups excluding carboxylic acids is 1. The molecule has 4 heterocycles. The van der Waals surface area contributed by atoms with E-state index in [1.807, 2.05) is 24.4 Å². The van der Waals surface area contributed by atoms with Crippen LogP contribution in [0, 0.1) is 12.8 Å². The third-order valence-electron chi connectivity index (χ3n) is 6.55. The van der Waals surface area contributed by atoms with Crippen molar-refractivity contribution in [3.8, 4) is 0 Å². The Hall–Kier alpha value is -1.90. The zero-order chi connectivity index (χ0) is 22.6. The van der Waals surface area contributed by atoms with Gasteiger partial charge in [0.15, 0.2) is 0 Å². The van der Waals surface area contributed by atoms with Crippen molar-refractivity contribution in [1.29, 1.82) is 0 Å². The zero-order valence-electron chi connectivity index (χ0n) is 17.8. The summed E-state index contributed by atoms with van der Waals surface area (Å²) >= 11 is 14.9. The smallest absolute Gasteiger partial charge is 0.256 e. The number of H-pyrrole nitrogens is 1. The minimum atomic E-state index is -0.236. The van der Waals surface area contributed by atoms with E-state index in [4.69, 9.17) is 27.9 Å². The van der Waals surface area contributed by atoms with Gasteiger partial charge in [-0.2, -0.15) is 0 Å². The van der Waals surface area contributed by atoms with Crippen molar-refractivity contribution in [3.63, 3.8) is 0 Å². The highest BCUT2D eigenvalue weighted by Gasteiger charge is 2.35. The first-order chi connectivity index (χ1) is 15.4. The summed E-state index contributed by atoms with van der Waals surface area (Å²) in [7, 11) is 1.65. The van der Waals surface area contributed by atoms with Gasteiger partial charge in [-0.1, -0.05) is 23.2 Å². The summed E-state index contributed by atoms with van der Waals surface area (Å²) in [6, 6.07) is 3.84. The van der Waals surface area contributed by atoms with Gasteiger partial charge in [0.25, 0.3) is 11.5 Å². The Labute approximate surface area is 199 Å². The van der Waals surface area contributed by atoms with E-state index in [2.05, 4.69) is 10.3 Å². The average Bonchev–Trinajstić information content (AvgIpc) is 3.22. The predicted molar refractivity (Wildman–Crippen MR) is 128 cm³/mol. The standard InChI is InChI=1S/C23H23Cl2N3O3S/c1-11-13-4-6-32-21(13)16(22(29)27-11)10-28-5-3-14-17(24)7-15(19(25)18(14)23(28)30)20(31-2)12-8-26-9-12/h4,6-7,12,20,26H,3,5,8-10H2,1-2H3,(H,27,29). The van der Waals surface area contributed by atoms with Crippen LogP contribution in [0.5, 0.6) is 0 Å². The van der Waals surface area contributed by atoms with Gasteiger partial charge in [0.1, 0.15) is 0 Å². The minimum absolute atomic E-state index is 0.161. The molecule has 1 aromatic carbocycles. The molecular formula is C23H23Cl2N3O3S. The third kappa shape index (κ3) is 3.47. The molecule has 0 saturated carbocycles. The van der Waals surface area contributed by atoms with Gasteiger partial charge in [-0.3, -0.25) is 9.59 Å². The lowest BCUT2D eigenvalue weighted by Crippen LogP contribution is -2.46. The Balaban J connectivity index is 1.54. The van der Waals surface area contributed by atoms with Crippen molar-refractivity contribution in [2.75, 3.05) is 26.7 Å². The molecule has 5 rings (SSSR count).